The summed E-state index contributed by atoms with van der Waals surface area (Å²) in [5.74, 6) is 0.398. The molecule has 0 saturated carbocycles. The Balaban J connectivity index is 1.51. The molecular formula is C23H21N3O4. The SMILES string of the molecule is O=C(N[C@H]1CCOc2ccccc21)c1ccc(NCc2ccccc2)c([N+](=O)[O-])c1. The van der Waals surface area contributed by atoms with Gasteiger partial charge in [-0.25, -0.2) is 0 Å². The highest BCUT2D eigenvalue weighted by Gasteiger charge is 2.24. The van der Waals surface area contributed by atoms with E-state index < -0.39 is 4.92 Å². The van der Waals surface area contributed by atoms with Crippen LogP contribution < -0.4 is 15.4 Å². The standard InChI is InChI=1S/C23H21N3O4/c27-23(25-19-12-13-30-22-9-5-4-8-18(19)22)17-10-11-20(21(14-17)26(28)29)24-15-16-6-2-1-3-7-16/h1-11,14,19,24H,12-13,15H2,(H,25,27)/t19-/m0/s1. The second kappa shape index (κ2) is 8.65. The molecule has 152 valence electrons. The molecule has 1 amide bonds. The highest BCUT2D eigenvalue weighted by molar-refractivity contribution is 5.96. The molecule has 1 aliphatic heterocycles. The van der Waals surface area contributed by atoms with Crippen LogP contribution in [0.3, 0.4) is 0 Å². The van der Waals surface area contributed by atoms with Gasteiger partial charge < -0.3 is 15.4 Å². The normalized spacial score (nSPS) is 14.9. The zero-order valence-electron chi connectivity index (χ0n) is 16.2. The summed E-state index contributed by atoms with van der Waals surface area (Å²) in [6, 6.07) is 21.5. The number of rotatable bonds is 6. The number of hydrogen-bond acceptors (Lipinski definition) is 5. The van der Waals surface area contributed by atoms with Gasteiger partial charge in [0.1, 0.15) is 11.4 Å². The van der Waals surface area contributed by atoms with Crippen LogP contribution in [0.5, 0.6) is 5.75 Å². The number of carbonyl (C=O) groups excluding carboxylic acids is 1. The molecule has 1 heterocycles. The lowest BCUT2D eigenvalue weighted by molar-refractivity contribution is -0.384. The number of nitrogens with zero attached hydrogens (tertiary/aromatic N) is 1. The number of nitro benzene ring substituents is 1. The van der Waals surface area contributed by atoms with Gasteiger partial charge in [-0.05, 0) is 23.8 Å². The van der Waals surface area contributed by atoms with Crippen molar-refractivity contribution in [2.75, 3.05) is 11.9 Å². The molecule has 1 aliphatic rings. The maximum atomic E-state index is 12.8. The molecule has 1 atom stereocenters. The van der Waals surface area contributed by atoms with Crippen LogP contribution in [0.15, 0.2) is 72.8 Å². The van der Waals surface area contributed by atoms with Gasteiger partial charge in [0.15, 0.2) is 0 Å². The highest BCUT2D eigenvalue weighted by Crippen LogP contribution is 2.32. The van der Waals surface area contributed by atoms with Crippen molar-refractivity contribution in [2.24, 2.45) is 0 Å². The third kappa shape index (κ3) is 4.25. The number of fused-ring (bicyclic) bond motifs is 1. The first-order valence-electron chi connectivity index (χ1n) is 9.70. The molecule has 30 heavy (non-hydrogen) atoms. The van der Waals surface area contributed by atoms with E-state index in [1.54, 1.807) is 12.1 Å². The minimum absolute atomic E-state index is 0.133. The molecule has 2 N–H and O–H groups in total. The molecular weight excluding hydrogens is 382 g/mol. The number of amides is 1. The summed E-state index contributed by atoms with van der Waals surface area (Å²) < 4.78 is 5.62. The van der Waals surface area contributed by atoms with Gasteiger partial charge in [0.2, 0.25) is 0 Å². The second-order valence-electron chi connectivity index (χ2n) is 7.03. The average molecular weight is 403 g/mol. The van der Waals surface area contributed by atoms with E-state index in [2.05, 4.69) is 10.6 Å². The van der Waals surface area contributed by atoms with E-state index in [4.69, 9.17) is 4.74 Å². The van der Waals surface area contributed by atoms with Crippen molar-refractivity contribution in [3.8, 4) is 5.75 Å². The first-order chi connectivity index (χ1) is 14.6. The Kier molecular flexibility index (Phi) is 5.61. The number of para-hydroxylation sites is 1. The zero-order chi connectivity index (χ0) is 20.9. The Hall–Kier alpha value is -3.87. The Morgan fingerprint density at radius 3 is 2.63 bits per heavy atom. The number of nitro groups is 1. The summed E-state index contributed by atoms with van der Waals surface area (Å²) in [4.78, 5) is 23.9. The van der Waals surface area contributed by atoms with Crippen molar-refractivity contribution in [3.05, 3.63) is 99.6 Å². The quantitative estimate of drug-likeness (QED) is 0.468. The summed E-state index contributed by atoms with van der Waals surface area (Å²) in [6.07, 6.45) is 0.640. The van der Waals surface area contributed by atoms with Crippen molar-refractivity contribution >= 4 is 17.3 Å². The topological polar surface area (TPSA) is 93.5 Å². The molecule has 4 rings (SSSR count). The number of carbonyl (C=O) groups is 1. The molecule has 7 nitrogen and oxygen atoms in total. The zero-order valence-corrected chi connectivity index (χ0v) is 16.2. The van der Waals surface area contributed by atoms with E-state index >= 15 is 0 Å². The van der Waals surface area contributed by atoms with E-state index in [1.807, 2.05) is 54.6 Å². The van der Waals surface area contributed by atoms with Crippen LogP contribution >= 0.6 is 0 Å². The van der Waals surface area contributed by atoms with Crippen LogP contribution in [0, 0.1) is 10.1 Å². The lowest BCUT2D eigenvalue weighted by Crippen LogP contribution is -2.32. The number of anilines is 1. The van der Waals surface area contributed by atoms with Gasteiger partial charge in [-0.2, -0.15) is 0 Å². The van der Waals surface area contributed by atoms with E-state index in [0.29, 0.717) is 25.3 Å². The molecule has 0 bridgehead atoms. The predicted molar refractivity (Wildman–Crippen MR) is 114 cm³/mol. The largest absolute Gasteiger partial charge is 0.493 e. The third-order valence-corrected chi connectivity index (χ3v) is 5.05. The Morgan fingerprint density at radius 1 is 1.07 bits per heavy atom. The predicted octanol–water partition coefficient (Wildman–Crippen LogP) is 4.46. The van der Waals surface area contributed by atoms with Crippen molar-refractivity contribution < 1.29 is 14.5 Å². The molecule has 3 aromatic carbocycles. The van der Waals surface area contributed by atoms with Gasteiger partial charge in [-0.1, -0.05) is 48.5 Å². The molecule has 0 aliphatic carbocycles. The van der Waals surface area contributed by atoms with Gasteiger partial charge in [-0.3, -0.25) is 14.9 Å². The van der Waals surface area contributed by atoms with E-state index in [1.165, 1.54) is 6.07 Å². The summed E-state index contributed by atoms with van der Waals surface area (Å²) in [7, 11) is 0. The maximum absolute atomic E-state index is 12.8. The van der Waals surface area contributed by atoms with Gasteiger partial charge in [0.25, 0.3) is 11.6 Å². The molecule has 0 unspecified atom stereocenters. The Labute approximate surface area is 173 Å². The summed E-state index contributed by atoms with van der Waals surface area (Å²) in [6.45, 7) is 0.955. The van der Waals surface area contributed by atoms with Crippen LogP contribution in [-0.2, 0) is 6.54 Å². The van der Waals surface area contributed by atoms with Crippen molar-refractivity contribution in [1.29, 1.82) is 0 Å². The van der Waals surface area contributed by atoms with Crippen LogP contribution in [0.1, 0.15) is 33.9 Å². The van der Waals surface area contributed by atoms with Gasteiger partial charge in [0.05, 0.1) is 17.6 Å². The number of nitrogens with one attached hydrogen (secondary N) is 2. The van der Waals surface area contributed by atoms with Gasteiger partial charge >= 0.3 is 0 Å². The van der Waals surface area contributed by atoms with Crippen molar-refractivity contribution in [2.45, 2.75) is 19.0 Å². The summed E-state index contributed by atoms with van der Waals surface area (Å²) in [5, 5.41) is 17.6. The fourth-order valence-corrected chi connectivity index (χ4v) is 3.50. The number of benzene rings is 3. The van der Waals surface area contributed by atoms with Crippen LogP contribution in [0.25, 0.3) is 0 Å². The average Bonchev–Trinajstić information content (AvgIpc) is 2.78. The van der Waals surface area contributed by atoms with Crippen LogP contribution in [0.2, 0.25) is 0 Å². The Bertz CT molecular complexity index is 1070. The number of hydrogen-bond donors (Lipinski definition) is 2. The van der Waals surface area contributed by atoms with E-state index in [0.717, 1.165) is 16.9 Å². The highest BCUT2D eigenvalue weighted by atomic mass is 16.6. The van der Waals surface area contributed by atoms with E-state index in [9.17, 15) is 14.9 Å². The monoisotopic (exact) mass is 403 g/mol. The minimum Gasteiger partial charge on any atom is -0.493 e. The van der Waals surface area contributed by atoms with Gasteiger partial charge in [0, 0.05) is 30.2 Å². The first kappa shape index (κ1) is 19.4. The third-order valence-electron chi connectivity index (χ3n) is 5.05. The van der Waals surface area contributed by atoms with E-state index in [-0.39, 0.29) is 23.2 Å². The second-order valence-corrected chi connectivity index (χ2v) is 7.03. The molecule has 3 aromatic rings. The van der Waals surface area contributed by atoms with Crippen molar-refractivity contribution in [1.82, 2.24) is 5.32 Å². The fraction of sp³-hybridized carbons (Fsp3) is 0.174. The van der Waals surface area contributed by atoms with Gasteiger partial charge in [-0.15, -0.1) is 0 Å². The number of ether oxygens (including phenoxy) is 1. The molecule has 0 radical (unpaired) electrons. The molecule has 7 heteroatoms. The summed E-state index contributed by atoms with van der Waals surface area (Å²) >= 11 is 0. The molecule has 0 aromatic heterocycles. The fourth-order valence-electron chi connectivity index (χ4n) is 3.50. The lowest BCUT2D eigenvalue weighted by Gasteiger charge is -2.26. The van der Waals surface area contributed by atoms with Crippen LogP contribution in [-0.4, -0.2) is 17.4 Å². The summed E-state index contributed by atoms with van der Waals surface area (Å²) in [5.41, 5.74) is 2.40. The maximum Gasteiger partial charge on any atom is 0.293 e. The van der Waals surface area contributed by atoms with Crippen molar-refractivity contribution in [3.63, 3.8) is 0 Å². The lowest BCUT2D eigenvalue weighted by atomic mass is 10.00. The Morgan fingerprint density at radius 2 is 1.83 bits per heavy atom. The molecule has 0 fully saturated rings. The molecule has 0 spiro atoms. The van der Waals surface area contributed by atoms with Crippen LogP contribution in [0.4, 0.5) is 11.4 Å². The molecule has 0 saturated heterocycles. The minimum atomic E-state index is -0.478. The smallest absolute Gasteiger partial charge is 0.293 e. The first-order valence-corrected chi connectivity index (χ1v) is 9.70.